The molecule has 0 spiro atoms. The topological polar surface area (TPSA) is 64.3 Å². The molecule has 0 aliphatic heterocycles. The van der Waals surface area contributed by atoms with Crippen LogP contribution in [0.15, 0.2) is 12.5 Å². The van der Waals surface area contributed by atoms with E-state index in [1.54, 1.807) is 6.20 Å². The number of hydrogen-bond acceptors (Lipinski definition) is 2. The van der Waals surface area contributed by atoms with Crippen LogP contribution in [0.5, 0.6) is 0 Å². The van der Waals surface area contributed by atoms with E-state index < -0.39 is 5.97 Å². The van der Waals surface area contributed by atoms with Crippen molar-refractivity contribution in [2.24, 2.45) is 0 Å². The molecule has 1 aromatic heterocycles. The van der Waals surface area contributed by atoms with Gasteiger partial charge in [-0.1, -0.05) is 24.6 Å². The molecule has 1 radical (unpaired) electrons. The summed E-state index contributed by atoms with van der Waals surface area (Å²) in [6.45, 7) is 0. The Morgan fingerprint density at radius 3 is 2.79 bits per heavy atom. The van der Waals surface area contributed by atoms with Gasteiger partial charge in [0.1, 0.15) is 0 Å². The molecule has 14 heavy (non-hydrogen) atoms. The Kier molecular flexibility index (Phi) is 7.34. The Hall–Kier alpha value is -0.671. The Balaban J connectivity index is 0.00000169. The normalized spacial score (nSPS) is 9.43. The number of aliphatic carboxylic acids is 1. The van der Waals surface area contributed by atoms with Gasteiger partial charge >= 0.3 is 5.97 Å². The van der Waals surface area contributed by atoms with Gasteiger partial charge in [0.15, 0.2) is 0 Å². The van der Waals surface area contributed by atoms with E-state index in [9.17, 15) is 4.79 Å². The fourth-order valence-corrected chi connectivity index (χ4v) is 1.15. The number of rotatable bonds is 6. The summed E-state index contributed by atoms with van der Waals surface area (Å²) in [5.41, 5.74) is 0.996. The first kappa shape index (κ1) is 13.3. The maximum atomic E-state index is 10.2. The summed E-state index contributed by atoms with van der Waals surface area (Å²) in [6.07, 6.45) is 7.14. The predicted molar refractivity (Wildman–Crippen MR) is 47.4 cm³/mol. The first-order chi connectivity index (χ1) is 6.29. The summed E-state index contributed by atoms with van der Waals surface area (Å²) in [5, 5.41) is 8.37. The molecule has 0 bridgehead atoms. The van der Waals surface area contributed by atoms with Crippen molar-refractivity contribution in [3.05, 3.63) is 18.2 Å². The maximum Gasteiger partial charge on any atom is 0.303 e. The van der Waals surface area contributed by atoms with Crippen LogP contribution in [0, 0.1) is 0 Å². The Labute approximate surface area is 96.5 Å². The first-order valence-corrected chi connectivity index (χ1v) is 4.42. The molecule has 1 N–H and O–H groups in total. The van der Waals surface area contributed by atoms with Crippen LogP contribution in [0.3, 0.4) is 0 Å². The minimum Gasteiger partial charge on any atom is -0.481 e. The number of aromatic nitrogens is 2. The summed E-state index contributed by atoms with van der Waals surface area (Å²) in [6, 6.07) is 0. The molecule has 0 saturated heterocycles. The smallest absolute Gasteiger partial charge is 0.303 e. The van der Waals surface area contributed by atoms with Crippen LogP contribution in [0.25, 0.3) is 0 Å². The fraction of sp³-hybridized carbons (Fsp3) is 0.556. The van der Waals surface area contributed by atoms with Gasteiger partial charge < -0.3 is 15.1 Å². The van der Waals surface area contributed by atoms with Crippen molar-refractivity contribution in [1.29, 1.82) is 0 Å². The molecular formula is C9H13IrN2O2-. The van der Waals surface area contributed by atoms with Crippen LogP contribution < -0.4 is 4.98 Å². The summed E-state index contributed by atoms with van der Waals surface area (Å²) < 4.78 is 0. The Morgan fingerprint density at radius 1 is 1.43 bits per heavy atom. The average Bonchev–Trinajstić information content (AvgIpc) is 2.55. The third kappa shape index (κ3) is 5.89. The molecule has 0 atom stereocenters. The molecule has 0 unspecified atom stereocenters. The maximum absolute atomic E-state index is 10.2. The van der Waals surface area contributed by atoms with Gasteiger partial charge in [0.05, 0.1) is 0 Å². The van der Waals surface area contributed by atoms with Crippen molar-refractivity contribution < 1.29 is 30.0 Å². The van der Waals surface area contributed by atoms with Crippen LogP contribution in [0.2, 0.25) is 0 Å². The molecule has 0 aliphatic carbocycles. The summed E-state index contributed by atoms with van der Waals surface area (Å²) in [7, 11) is 0. The van der Waals surface area contributed by atoms with Gasteiger partial charge in [0, 0.05) is 26.5 Å². The monoisotopic (exact) mass is 374 g/mol. The van der Waals surface area contributed by atoms with Crippen molar-refractivity contribution in [3.8, 4) is 0 Å². The number of aryl methyl sites for hydroxylation is 1. The standard InChI is InChI=1S/C9H14N2O2.Ir/c12-9(13)5-3-1-2-4-8-6-10-7-11-8;/h6-7H,1-5H2,(H2,10,11,12,13);/p-1. The number of nitrogens with zero attached hydrogens (tertiary/aromatic N) is 2. The SMILES string of the molecule is O=C(O)CCCCCc1cnc[n-]1.[Ir]. The fourth-order valence-electron chi connectivity index (χ4n) is 1.15. The second kappa shape index (κ2) is 7.71. The molecule has 0 aliphatic rings. The van der Waals surface area contributed by atoms with Gasteiger partial charge in [-0.25, -0.2) is 0 Å². The number of hydrogen-bond donors (Lipinski definition) is 1. The Morgan fingerprint density at radius 2 is 2.21 bits per heavy atom. The van der Waals surface area contributed by atoms with Gasteiger partial charge in [-0.2, -0.15) is 0 Å². The van der Waals surface area contributed by atoms with Crippen molar-refractivity contribution in [1.82, 2.24) is 9.97 Å². The number of carbonyl (C=O) groups is 1. The molecule has 4 nitrogen and oxygen atoms in total. The van der Waals surface area contributed by atoms with E-state index in [0.717, 1.165) is 31.4 Å². The van der Waals surface area contributed by atoms with Gasteiger partial charge in [0.2, 0.25) is 0 Å². The third-order valence-corrected chi connectivity index (χ3v) is 1.84. The summed E-state index contributed by atoms with van der Waals surface area (Å²) in [4.78, 5) is 18.0. The second-order valence-corrected chi connectivity index (χ2v) is 2.97. The van der Waals surface area contributed by atoms with Crippen LogP contribution in [0.4, 0.5) is 0 Å². The zero-order valence-electron chi connectivity index (χ0n) is 7.77. The molecule has 1 heterocycles. The van der Waals surface area contributed by atoms with E-state index in [0.29, 0.717) is 0 Å². The molecular weight excluding hydrogens is 360 g/mol. The number of unbranched alkanes of at least 4 members (excludes halogenated alkanes) is 2. The summed E-state index contributed by atoms with van der Waals surface area (Å²) >= 11 is 0. The van der Waals surface area contributed by atoms with Gasteiger partial charge in [-0.05, 0) is 19.3 Å². The zero-order chi connectivity index (χ0) is 9.52. The van der Waals surface area contributed by atoms with E-state index >= 15 is 0 Å². The number of carboxylic acid groups (broad SMARTS) is 1. The minimum atomic E-state index is -0.715. The summed E-state index contributed by atoms with van der Waals surface area (Å²) in [5.74, 6) is -0.715. The van der Waals surface area contributed by atoms with E-state index in [-0.39, 0.29) is 26.5 Å². The molecule has 0 aromatic carbocycles. The average molecular weight is 373 g/mol. The third-order valence-electron chi connectivity index (χ3n) is 1.84. The van der Waals surface area contributed by atoms with Gasteiger partial charge in [-0.3, -0.25) is 4.79 Å². The van der Waals surface area contributed by atoms with Crippen LogP contribution >= 0.6 is 0 Å². The minimum absolute atomic E-state index is 0. The zero-order valence-corrected chi connectivity index (χ0v) is 10.2. The van der Waals surface area contributed by atoms with Crippen LogP contribution in [0.1, 0.15) is 31.4 Å². The number of carboxylic acids is 1. The van der Waals surface area contributed by atoms with E-state index in [4.69, 9.17) is 5.11 Å². The van der Waals surface area contributed by atoms with Crippen LogP contribution in [-0.2, 0) is 31.3 Å². The van der Waals surface area contributed by atoms with Crippen LogP contribution in [-0.4, -0.2) is 16.1 Å². The predicted octanol–water partition coefficient (Wildman–Crippen LogP) is 1.22. The first-order valence-electron chi connectivity index (χ1n) is 4.42. The van der Waals surface area contributed by atoms with E-state index in [2.05, 4.69) is 9.97 Å². The van der Waals surface area contributed by atoms with E-state index in [1.807, 2.05) is 0 Å². The van der Waals surface area contributed by atoms with Crippen molar-refractivity contribution in [2.45, 2.75) is 32.1 Å². The van der Waals surface area contributed by atoms with E-state index in [1.165, 1.54) is 6.33 Å². The molecule has 0 saturated carbocycles. The van der Waals surface area contributed by atoms with Crippen molar-refractivity contribution >= 4 is 5.97 Å². The van der Waals surface area contributed by atoms with Crippen molar-refractivity contribution in [2.75, 3.05) is 0 Å². The van der Waals surface area contributed by atoms with Gasteiger partial charge in [0.25, 0.3) is 0 Å². The largest absolute Gasteiger partial charge is 0.481 e. The molecule has 0 amide bonds. The molecule has 5 heteroatoms. The Bertz CT molecular complexity index is 249. The molecule has 0 fully saturated rings. The molecule has 1 aromatic rings. The number of imidazole rings is 1. The second-order valence-electron chi connectivity index (χ2n) is 2.97. The van der Waals surface area contributed by atoms with Gasteiger partial charge in [-0.15, -0.1) is 0 Å². The quantitative estimate of drug-likeness (QED) is 0.762. The molecule has 1 rings (SSSR count). The molecule has 81 valence electrons. The van der Waals surface area contributed by atoms with Crippen molar-refractivity contribution in [3.63, 3.8) is 0 Å².